The van der Waals surface area contributed by atoms with Gasteiger partial charge < -0.3 is 9.88 Å². The van der Waals surface area contributed by atoms with Gasteiger partial charge in [0.2, 0.25) is 0 Å². The van der Waals surface area contributed by atoms with E-state index in [4.69, 9.17) is 11.6 Å². The van der Waals surface area contributed by atoms with Gasteiger partial charge in [-0.25, -0.2) is 0 Å². The van der Waals surface area contributed by atoms with Gasteiger partial charge in [0.25, 0.3) is 5.91 Å². The number of hydrogen-bond acceptors (Lipinski definition) is 2. The fourth-order valence-electron chi connectivity index (χ4n) is 3.54. The van der Waals surface area contributed by atoms with Crippen LogP contribution >= 0.6 is 11.6 Å². The van der Waals surface area contributed by atoms with Crippen molar-refractivity contribution in [3.8, 4) is 0 Å². The third-order valence-electron chi connectivity index (χ3n) is 4.97. The number of likely N-dealkylation sites (tertiary alicyclic amines) is 1. The minimum absolute atomic E-state index is 0.0503. The summed E-state index contributed by atoms with van der Waals surface area (Å²) in [4.78, 5) is 15.0. The number of halogens is 1. The molecule has 1 aliphatic rings. The maximum atomic E-state index is 12.5. The quantitative estimate of drug-likeness (QED) is 0.875. The molecule has 1 aliphatic heterocycles. The van der Waals surface area contributed by atoms with Crippen molar-refractivity contribution in [2.24, 2.45) is 7.05 Å². The molecule has 5 heteroatoms. The molecule has 0 spiro atoms. The van der Waals surface area contributed by atoms with Crippen LogP contribution in [-0.2, 0) is 7.05 Å². The number of nitrogens with one attached hydrogen (secondary N) is 1. The van der Waals surface area contributed by atoms with Crippen LogP contribution in [0.25, 0.3) is 0 Å². The van der Waals surface area contributed by atoms with Gasteiger partial charge in [-0.3, -0.25) is 9.69 Å². The lowest BCUT2D eigenvalue weighted by atomic mass is 10.1. The molecule has 1 saturated heterocycles. The van der Waals surface area contributed by atoms with Gasteiger partial charge >= 0.3 is 0 Å². The van der Waals surface area contributed by atoms with Crippen LogP contribution in [0.4, 0.5) is 0 Å². The van der Waals surface area contributed by atoms with E-state index in [1.165, 1.54) is 31.4 Å². The summed E-state index contributed by atoms with van der Waals surface area (Å²) in [6.45, 7) is 2.79. The average Bonchev–Trinajstić information content (AvgIpc) is 2.86. The van der Waals surface area contributed by atoms with Crippen LogP contribution in [0.1, 0.15) is 47.8 Å². The highest BCUT2D eigenvalue weighted by Crippen LogP contribution is 2.24. The van der Waals surface area contributed by atoms with Gasteiger partial charge in [0, 0.05) is 36.1 Å². The SMILES string of the molecule is Cn1cccc1C(CNC(=O)c1ccc(Cl)cc1)N1CCCCCC1. The largest absolute Gasteiger partial charge is 0.353 e. The second-order valence-corrected chi connectivity index (χ2v) is 7.16. The maximum absolute atomic E-state index is 12.5. The van der Waals surface area contributed by atoms with Crippen molar-refractivity contribution < 1.29 is 4.79 Å². The van der Waals surface area contributed by atoms with E-state index in [1.54, 1.807) is 24.3 Å². The normalized spacial score (nSPS) is 17.0. The lowest BCUT2D eigenvalue weighted by Gasteiger charge is -2.31. The monoisotopic (exact) mass is 359 g/mol. The fourth-order valence-corrected chi connectivity index (χ4v) is 3.67. The zero-order chi connectivity index (χ0) is 17.6. The zero-order valence-corrected chi connectivity index (χ0v) is 15.5. The van der Waals surface area contributed by atoms with E-state index in [1.807, 2.05) is 0 Å². The van der Waals surface area contributed by atoms with Gasteiger partial charge in [-0.15, -0.1) is 0 Å². The molecule has 1 N–H and O–H groups in total. The van der Waals surface area contributed by atoms with Gasteiger partial charge in [0.1, 0.15) is 0 Å². The van der Waals surface area contributed by atoms with Crippen molar-refractivity contribution in [2.45, 2.75) is 31.7 Å². The van der Waals surface area contributed by atoms with Crippen molar-refractivity contribution in [1.82, 2.24) is 14.8 Å². The summed E-state index contributed by atoms with van der Waals surface area (Å²) < 4.78 is 2.16. The van der Waals surface area contributed by atoms with Crippen molar-refractivity contribution in [1.29, 1.82) is 0 Å². The minimum Gasteiger partial charge on any atom is -0.353 e. The number of carbonyl (C=O) groups excluding carboxylic acids is 1. The summed E-state index contributed by atoms with van der Waals surface area (Å²) in [6, 6.07) is 11.5. The Kier molecular flexibility index (Phi) is 6.16. The number of hydrogen-bond donors (Lipinski definition) is 1. The van der Waals surface area contributed by atoms with Crippen molar-refractivity contribution in [2.75, 3.05) is 19.6 Å². The van der Waals surface area contributed by atoms with Crippen LogP contribution in [0, 0.1) is 0 Å². The summed E-state index contributed by atoms with van der Waals surface area (Å²) in [5.74, 6) is -0.0503. The van der Waals surface area contributed by atoms with E-state index in [2.05, 4.69) is 40.2 Å². The molecule has 0 saturated carbocycles. The van der Waals surface area contributed by atoms with Gasteiger partial charge in [0.15, 0.2) is 0 Å². The van der Waals surface area contributed by atoms with Crippen molar-refractivity contribution >= 4 is 17.5 Å². The Morgan fingerprint density at radius 3 is 2.40 bits per heavy atom. The highest BCUT2D eigenvalue weighted by atomic mass is 35.5. The van der Waals surface area contributed by atoms with E-state index in [0.29, 0.717) is 17.1 Å². The van der Waals surface area contributed by atoms with Crippen LogP contribution in [0.2, 0.25) is 5.02 Å². The van der Waals surface area contributed by atoms with E-state index in [0.717, 1.165) is 13.1 Å². The summed E-state index contributed by atoms with van der Waals surface area (Å²) in [6.07, 6.45) is 7.13. The molecule has 2 heterocycles. The number of nitrogens with zero attached hydrogens (tertiary/aromatic N) is 2. The first-order valence-corrected chi connectivity index (χ1v) is 9.42. The summed E-state index contributed by atoms with van der Waals surface area (Å²) >= 11 is 5.90. The third kappa shape index (κ3) is 4.65. The second kappa shape index (κ2) is 8.54. The third-order valence-corrected chi connectivity index (χ3v) is 5.22. The summed E-state index contributed by atoms with van der Waals surface area (Å²) in [5.41, 5.74) is 1.89. The summed E-state index contributed by atoms with van der Waals surface area (Å²) in [7, 11) is 2.07. The van der Waals surface area contributed by atoms with E-state index < -0.39 is 0 Å². The highest BCUT2D eigenvalue weighted by Gasteiger charge is 2.24. The molecule has 1 amide bonds. The first-order chi connectivity index (χ1) is 12.1. The minimum atomic E-state index is -0.0503. The number of benzene rings is 1. The Hall–Kier alpha value is -1.78. The first-order valence-electron chi connectivity index (χ1n) is 9.04. The summed E-state index contributed by atoms with van der Waals surface area (Å²) in [5, 5.41) is 3.76. The molecule has 1 atom stereocenters. The molecule has 25 heavy (non-hydrogen) atoms. The lowest BCUT2D eigenvalue weighted by Crippen LogP contribution is -2.39. The van der Waals surface area contributed by atoms with Gasteiger partial charge in [-0.1, -0.05) is 24.4 Å². The Bertz CT molecular complexity index is 687. The van der Waals surface area contributed by atoms with Gasteiger partial charge in [-0.2, -0.15) is 0 Å². The molecule has 0 radical (unpaired) electrons. The second-order valence-electron chi connectivity index (χ2n) is 6.73. The molecule has 1 unspecified atom stereocenters. The fraction of sp³-hybridized carbons (Fsp3) is 0.450. The predicted octanol–water partition coefficient (Wildman–Crippen LogP) is 4.03. The molecular formula is C20H26ClN3O. The van der Waals surface area contributed by atoms with Crippen LogP contribution in [0.5, 0.6) is 0 Å². The highest BCUT2D eigenvalue weighted by molar-refractivity contribution is 6.30. The molecule has 1 fully saturated rings. The van der Waals surface area contributed by atoms with Crippen LogP contribution < -0.4 is 5.32 Å². The zero-order valence-electron chi connectivity index (χ0n) is 14.7. The molecule has 1 aromatic carbocycles. The number of rotatable bonds is 5. The molecule has 1 aromatic heterocycles. The molecule has 4 nitrogen and oxygen atoms in total. The molecule has 0 bridgehead atoms. The number of carbonyl (C=O) groups is 1. The Morgan fingerprint density at radius 1 is 1.12 bits per heavy atom. The number of amides is 1. The van der Waals surface area contributed by atoms with Crippen LogP contribution in [0.15, 0.2) is 42.6 Å². The average molecular weight is 360 g/mol. The van der Waals surface area contributed by atoms with Crippen LogP contribution in [0.3, 0.4) is 0 Å². The topological polar surface area (TPSA) is 37.3 Å². The predicted molar refractivity (Wildman–Crippen MR) is 102 cm³/mol. The maximum Gasteiger partial charge on any atom is 0.251 e. The van der Waals surface area contributed by atoms with E-state index >= 15 is 0 Å². The standard InChI is InChI=1S/C20H26ClN3O/c1-23-12-6-7-18(23)19(24-13-4-2-3-5-14-24)15-22-20(25)16-8-10-17(21)11-9-16/h6-12,19H,2-5,13-15H2,1H3,(H,22,25). The van der Waals surface area contributed by atoms with Crippen molar-refractivity contribution in [3.05, 3.63) is 58.9 Å². The Balaban J connectivity index is 1.72. The Labute approximate surface area is 154 Å². The van der Waals surface area contributed by atoms with Crippen molar-refractivity contribution in [3.63, 3.8) is 0 Å². The number of aryl methyl sites for hydroxylation is 1. The number of aromatic nitrogens is 1. The molecule has 134 valence electrons. The van der Waals surface area contributed by atoms with Crippen LogP contribution in [-0.4, -0.2) is 35.0 Å². The molecule has 2 aromatic rings. The van der Waals surface area contributed by atoms with Gasteiger partial charge in [0.05, 0.1) is 6.04 Å². The smallest absolute Gasteiger partial charge is 0.251 e. The van der Waals surface area contributed by atoms with E-state index in [-0.39, 0.29) is 11.9 Å². The molecular weight excluding hydrogens is 334 g/mol. The lowest BCUT2D eigenvalue weighted by molar-refractivity contribution is 0.0931. The Morgan fingerprint density at radius 2 is 1.80 bits per heavy atom. The molecule has 0 aliphatic carbocycles. The first kappa shape index (κ1) is 18.0. The van der Waals surface area contributed by atoms with Gasteiger partial charge in [-0.05, 0) is 62.3 Å². The molecule has 3 rings (SSSR count). The van der Waals surface area contributed by atoms with E-state index in [9.17, 15) is 4.79 Å².